The van der Waals surface area contributed by atoms with Gasteiger partial charge in [0, 0.05) is 29.8 Å². The van der Waals surface area contributed by atoms with Crippen LogP contribution in [-0.2, 0) is 0 Å². The lowest BCUT2D eigenvalue weighted by atomic mass is 9.89. The van der Waals surface area contributed by atoms with Gasteiger partial charge in [-0.15, -0.1) is 0 Å². The molecule has 0 aliphatic carbocycles. The Morgan fingerprint density at radius 3 is 2.62 bits per heavy atom. The molecule has 0 saturated carbocycles. The summed E-state index contributed by atoms with van der Waals surface area (Å²) in [5.74, 6) is 0. The SMILES string of the molecule is CC1=CC(C)(C)N(C)c2cc3oc(=O)c(C=O)cc3cc21. The molecule has 21 heavy (non-hydrogen) atoms. The number of hydrogen-bond acceptors (Lipinski definition) is 4. The van der Waals surface area contributed by atoms with Crippen molar-refractivity contribution in [3.63, 3.8) is 0 Å². The summed E-state index contributed by atoms with van der Waals surface area (Å²) in [6.07, 6.45) is 2.74. The molecule has 1 aliphatic heterocycles. The predicted octanol–water partition coefficient (Wildman–Crippen LogP) is 3.24. The summed E-state index contributed by atoms with van der Waals surface area (Å²) in [5, 5.41) is 0.760. The van der Waals surface area contributed by atoms with Crippen LogP contribution < -0.4 is 10.5 Å². The fraction of sp³-hybridized carbons (Fsp3) is 0.294. The van der Waals surface area contributed by atoms with Gasteiger partial charge in [0.05, 0.1) is 5.54 Å². The van der Waals surface area contributed by atoms with Gasteiger partial charge in [-0.05, 0) is 38.5 Å². The summed E-state index contributed by atoms with van der Waals surface area (Å²) >= 11 is 0. The van der Waals surface area contributed by atoms with E-state index in [9.17, 15) is 9.59 Å². The largest absolute Gasteiger partial charge is 0.422 e. The van der Waals surface area contributed by atoms with Gasteiger partial charge in [0.2, 0.25) is 0 Å². The lowest BCUT2D eigenvalue weighted by Crippen LogP contribution is -2.42. The minimum atomic E-state index is -0.595. The van der Waals surface area contributed by atoms with Gasteiger partial charge in [-0.3, -0.25) is 4.79 Å². The van der Waals surface area contributed by atoms with Crippen molar-refractivity contribution in [2.75, 3.05) is 11.9 Å². The lowest BCUT2D eigenvalue weighted by Gasteiger charge is -2.40. The molecule has 1 aromatic heterocycles. The minimum absolute atomic E-state index is 0.0496. The number of aldehydes is 1. The maximum absolute atomic E-state index is 11.7. The van der Waals surface area contributed by atoms with E-state index in [2.05, 4.69) is 31.7 Å². The standard InChI is InChI=1S/C17H17NO3/c1-10-8-17(2,3)18(4)14-7-15-11(6-13(10)14)5-12(9-19)16(20)21-15/h5-9H,1-4H3. The smallest absolute Gasteiger partial charge is 0.346 e. The average molecular weight is 283 g/mol. The number of fused-ring (bicyclic) bond motifs is 2. The zero-order valence-electron chi connectivity index (χ0n) is 12.6. The summed E-state index contributed by atoms with van der Waals surface area (Å²) in [6, 6.07) is 5.43. The van der Waals surface area contributed by atoms with E-state index in [4.69, 9.17) is 4.42 Å². The first-order chi connectivity index (χ1) is 9.83. The van der Waals surface area contributed by atoms with Crippen LogP contribution in [-0.4, -0.2) is 18.9 Å². The second kappa shape index (κ2) is 4.32. The molecule has 0 amide bonds. The first-order valence-electron chi connectivity index (χ1n) is 6.84. The number of likely N-dealkylation sites (N-methyl/N-ethyl adjacent to an activating group) is 1. The summed E-state index contributed by atoms with van der Waals surface area (Å²) < 4.78 is 5.27. The Morgan fingerprint density at radius 2 is 1.95 bits per heavy atom. The Labute approximate surface area is 122 Å². The fourth-order valence-electron chi connectivity index (χ4n) is 2.86. The molecule has 0 unspecified atom stereocenters. The van der Waals surface area contributed by atoms with Gasteiger partial charge in [-0.1, -0.05) is 6.08 Å². The van der Waals surface area contributed by atoms with Crippen molar-refractivity contribution in [2.45, 2.75) is 26.3 Å². The molecule has 3 rings (SSSR count). The van der Waals surface area contributed by atoms with E-state index in [1.54, 1.807) is 6.07 Å². The first kappa shape index (κ1) is 13.6. The van der Waals surface area contributed by atoms with Crippen LogP contribution in [0, 0.1) is 0 Å². The minimum Gasteiger partial charge on any atom is -0.422 e. The summed E-state index contributed by atoms with van der Waals surface area (Å²) in [7, 11) is 2.02. The van der Waals surface area contributed by atoms with E-state index in [0.717, 1.165) is 16.6 Å². The van der Waals surface area contributed by atoms with Gasteiger partial charge in [-0.25, -0.2) is 4.79 Å². The zero-order valence-corrected chi connectivity index (χ0v) is 12.6. The molecule has 1 aromatic carbocycles. The molecular formula is C17H17NO3. The Bertz CT molecular complexity index is 843. The van der Waals surface area contributed by atoms with Crippen molar-refractivity contribution >= 4 is 28.5 Å². The van der Waals surface area contributed by atoms with Crippen molar-refractivity contribution in [1.82, 2.24) is 0 Å². The maximum Gasteiger partial charge on any atom is 0.346 e. The molecule has 2 aromatic rings. The van der Waals surface area contributed by atoms with Crippen LogP contribution in [0.2, 0.25) is 0 Å². The lowest BCUT2D eigenvalue weighted by molar-refractivity contribution is 0.112. The molecule has 0 spiro atoms. The van der Waals surface area contributed by atoms with Crippen molar-refractivity contribution < 1.29 is 9.21 Å². The molecule has 2 heterocycles. The molecule has 0 bridgehead atoms. The van der Waals surface area contributed by atoms with Gasteiger partial charge in [-0.2, -0.15) is 0 Å². The normalized spacial score (nSPS) is 16.6. The third-order valence-corrected chi connectivity index (χ3v) is 4.22. The third kappa shape index (κ3) is 1.98. The van der Waals surface area contributed by atoms with Crippen LogP contribution in [0.4, 0.5) is 5.69 Å². The van der Waals surface area contributed by atoms with E-state index in [0.29, 0.717) is 11.9 Å². The predicted molar refractivity (Wildman–Crippen MR) is 84.0 cm³/mol. The van der Waals surface area contributed by atoms with Gasteiger partial charge in [0.1, 0.15) is 11.1 Å². The maximum atomic E-state index is 11.7. The molecule has 4 nitrogen and oxygen atoms in total. The molecule has 1 aliphatic rings. The second-order valence-electron chi connectivity index (χ2n) is 6.05. The Balaban J connectivity index is 2.35. The Hall–Kier alpha value is -2.36. The molecule has 0 radical (unpaired) electrons. The summed E-state index contributed by atoms with van der Waals surface area (Å²) in [5.41, 5.74) is 3.14. The van der Waals surface area contributed by atoms with Gasteiger partial charge in [0.25, 0.3) is 0 Å². The number of hydrogen-bond donors (Lipinski definition) is 0. The van der Waals surface area contributed by atoms with Crippen LogP contribution in [0.15, 0.2) is 33.5 Å². The Kier molecular flexibility index (Phi) is 2.80. The van der Waals surface area contributed by atoms with Crippen LogP contribution in [0.1, 0.15) is 36.7 Å². The Morgan fingerprint density at radius 1 is 1.24 bits per heavy atom. The number of carbonyl (C=O) groups is 1. The monoisotopic (exact) mass is 283 g/mol. The highest BCUT2D eigenvalue weighted by molar-refractivity contribution is 5.93. The highest BCUT2D eigenvalue weighted by Gasteiger charge is 2.29. The molecule has 4 heteroatoms. The topological polar surface area (TPSA) is 50.5 Å². The van der Waals surface area contributed by atoms with Crippen LogP contribution in [0.3, 0.4) is 0 Å². The van der Waals surface area contributed by atoms with Crippen molar-refractivity contribution in [3.05, 3.63) is 45.8 Å². The molecule has 0 fully saturated rings. The van der Waals surface area contributed by atoms with E-state index < -0.39 is 5.63 Å². The highest BCUT2D eigenvalue weighted by Crippen LogP contribution is 2.39. The molecular weight excluding hydrogens is 266 g/mol. The summed E-state index contributed by atoms with van der Waals surface area (Å²) in [4.78, 5) is 24.7. The van der Waals surface area contributed by atoms with E-state index in [-0.39, 0.29) is 11.1 Å². The number of allylic oxidation sites excluding steroid dienone is 1. The van der Waals surface area contributed by atoms with Crippen molar-refractivity contribution in [2.24, 2.45) is 0 Å². The number of benzene rings is 1. The zero-order chi connectivity index (χ0) is 15.4. The van der Waals surface area contributed by atoms with Crippen LogP contribution in [0.5, 0.6) is 0 Å². The number of carbonyl (C=O) groups excluding carboxylic acids is 1. The molecule has 0 atom stereocenters. The molecule has 0 saturated heterocycles. The fourth-order valence-corrected chi connectivity index (χ4v) is 2.86. The third-order valence-electron chi connectivity index (χ3n) is 4.22. The summed E-state index contributed by atoms with van der Waals surface area (Å²) in [6.45, 7) is 6.34. The number of nitrogens with zero attached hydrogens (tertiary/aromatic N) is 1. The van der Waals surface area contributed by atoms with Crippen LogP contribution >= 0.6 is 0 Å². The van der Waals surface area contributed by atoms with Gasteiger partial charge >= 0.3 is 5.63 Å². The molecule has 0 N–H and O–H groups in total. The van der Waals surface area contributed by atoms with E-state index in [1.165, 1.54) is 5.57 Å². The number of anilines is 1. The van der Waals surface area contributed by atoms with E-state index in [1.807, 2.05) is 19.2 Å². The number of rotatable bonds is 1. The van der Waals surface area contributed by atoms with Gasteiger partial charge in [0.15, 0.2) is 6.29 Å². The van der Waals surface area contributed by atoms with Crippen LogP contribution in [0.25, 0.3) is 16.5 Å². The highest BCUT2D eigenvalue weighted by atomic mass is 16.4. The average Bonchev–Trinajstić information content (AvgIpc) is 2.42. The van der Waals surface area contributed by atoms with Crippen molar-refractivity contribution in [1.29, 1.82) is 0 Å². The van der Waals surface area contributed by atoms with Crippen molar-refractivity contribution in [3.8, 4) is 0 Å². The first-order valence-corrected chi connectivity index (χ1v) is 6.84. The van der Waals surface area contributed by atoms with E-state index >= 15 is 0 Å². The molecule has 108 valence electrons. The quantitative estimate of drug-likeness (QED) is 0.595. The second-order valence-corrected chi connectivity index (χ2v) is 6.05. The van der Waals surface area contributed by atoms with Gasteiger partial charge < -0.3 is 9.32 Å².